The lowest BCUT2D eigenvalue weighted by Crippen LogP contribution is -2.47. The Morgan fingerprint density at radius 1 is 1.14 bits per heavy atom. The topological polar surface area (TPSA) is 114 Å². The molecule has 0 fully saturated rings. The Balaban J connectivity index is 2.38. The number of hydrogen-bond acceptors (Lipinski definition) is 5. The van der Waals surface area contributed by atoms with Crippen molar-refractivity contribution in [2.45, 2.75) is 58.0 Å². The standard InChI is InChI=1S/C20H32N2O6Si/c1-20(2,3)29(4,5)28-12-11-16(18(24)25)22-17(23)13-21-19(26)27-14-15-9-7-6-8-10-15/h6-10,16H,11-14H2,1-5H3,(H,21,26)(H,22,23)(H,24,25)/t16-/m0/s1. The van der Waals surface area contributed by atoms with Crippen LogP contribution in [0, 0.1) is 0 Å². The Morgan fingerprint density at radius 2 is 1.76 bits per heavy atom. The van der Waals surface area contributed by atoms with Crippen molar-refractivity contribution in [3.8, 4) is 0 Å². The summed E-state index contributed by atoms with van der Waals surface area (Å²) in [5, 5.41) is 14.0. The van der Waals surface area contributed by atoms with E-state index < -0.39 is 32.3 Å². The van der Waals surface area contributed by atoms with Crippen LogP contribution in [0.25, 0.3) is 0 Å². The highest BCUT2D eigenvalue weighted by molar-refractivity contribution is 6.74. The number of benzene rings is 1. The van der Waals surface area contributed by atoms with E-state index in [9.17, 15) is 19.5 Å². The number of hydrogen-bond donors (Lipinski definition) is 3. The molecule has 29 heavy (non-hydrogen) atoms. The number of carbonyl (C=O) groups is 3. The largest absolute Gasteiger partial charge is 0.480 e. The molecule has 1 rings (SSSR count). The van der Waals surface area contributed by atoms with Gasteiger partial charge in [0, 0.05) is 13.0 Å². The Bertz CT molecular complexity index is 688. The Morgan fingerprint density at radius 3 is 2.31 bits per heavy atom. The maximum Gasteiger partial charge on any atom is 0.407 e. The maximum absolute atomic E-state index is 12.0. The number of ether oxygens (including phenoxy) is 1. The van der Waals surface area contributed by atoms with Gasteiger partial charge in [-0.3, -0.25) is 4.79 Å². The van der Waals surface area contributed by atoms with Gasteiger partial charge in [-0.1, -0.05) is 51.1 Å². The third-order valence-corrected chi connectivity index (χ3v) is 9.45. The van der Waals surface area contributed by atoms with E-state index >= 15 is 0 Å². The summed E-state index contributed by atoms with van der Waals surface area (Å²) >= 11 is 0. The summed E-state index contributed by atoms with van der Waals surface area (Å²) in [4.78, 5) is 35.1. The van der Waals surface area contributed by atoms with Crippen molar-refractivity contribution in [3.63, 3.8) is 0 Å². The molecule has 1 aromatic rings. The minimum absolute atomic E-state index is 0.0129. The van der Waals surface area contributed by atoms with Crippen molar-refractivity contribution >= 4 is 26.3 Å². The van der Waals surface area contributed by atoms with Gasteiger partial charge in [0.05, 0.1) is 0 Å². The molecule has 0 aliphatic rings. The fourth-order valence-electron chi connectivity index (χ4n) is 2.08. The van der Waals surface area contributed by atoms with E-state index in [2.05, 4.69) is 44.5 Å². The Labute approximate surface area is 173 Å². The number of carboxylic acids is 1. The van der Waals surface area contributed by atoms with Crippen LogP contribution in [0.5, 0.6) is 0 Å². The summed E-state index contributed by atoms with van der Waals surface area (Å²) in [6.07, 6.45) is -0.608. The van der Waals surface area contributed by atoms with Crippen molar-refractivity contribution in [1.82, 2.24) is 10.6 Å². The number of carbonyl (C=O) groups excluding carboxylic acids is 2. The lowest BCUT2D eigenvalue weighted by Gasteiger charge is -2.36. The molecule has 0 saturated heterocycles. The van der Waals surface area contributed by atoms with Gasteiger partial charge in [0.2, 0.25) is 5.91 Å². The predicted octanol–water partition coefficient (Wildman–Crippen LogP) is 2.89. The smallest absolute Gasteiger partial charge is 0.407 e. The molecular weight excluding hydrogens is 392 g/mol. The molecule has 0 heterocycles. The van der Waals surface area contributed by atoms with Crippen LogP contribution in [-0.4, -0.2) is 50.6 Å². The predicted molar refractivity (Wildman–Crippen MR) is 112 cm³/mol. The first-order valence-corrected chi connectivity index (χ1v) is 12.4. The summed E-state index contributed by atoms with van der Waals surface area (Å²) in [5.41, 5.74) is 0.819. The Kier molecular flexibility index (Phi) is 9.32. The fraction of sp³-hybridized carbons (Fsp3) is 0.550. The molecule has 3 N–H and O–H groups in total. The molecule has 1 aromatic carbocycles. The van der Waals surface area contributed by atoms with Crippen molar-refractivity contribution in [3.05, 3.63) is 35.9 Å². The van der Waals surface area contributed by atoms with Crippen molar-refractivity contribution in [1.29, 1.82) is 0 Å². The van der Waals surface area contributed by atoms with E-state index in [1.807, 2.05) is 30.3 Å². The molecular formula is C20H32N2O6Si. The van der Waals surface area contributed by atoms with Gasteiger partial charge in [0.15, 0.2) is 8.32 Å². The number of carboxylic acid groups (broad SMARTS) is 1. The van der Waals surface area contributed by atoms with E-state index in [0.717, 1.165) is 5.56 Å². The molecule has 0 aliphatic heterocycles. The van der Waals surface area contributed by atoms with Crippen molar-refractivity contribution in [2.24, 2.45) is 0 Å². The number of alkyl carbamates (subject to hydrolysis) is 1. The van der Waals surface area contributed by atoms with Crippen LogP contribution < -0.4 is 10.6 Å². The van der Waals surface area contributed by atoms with Crippen molar-refractivity contribution in [2.75, 3.05) is 13.2 Å². The van der Waals surface area contributed by atoms with Gasteiger partial charge in [-0.05, 0) is 23.7 Å². The van der Waals surface area contributed by atoms with Gasteiger partial charge in [0.25, 0.3) is 0 Å². The van der Waals surface area contributed by atoms with E-state index in [1.165, 1.54) is 0 Å². The second-order valence-electron chi connectivity index (χ2n) is 8.27. The second kappa shape index (κ2) is 11.0. The summed E-state index contributed by atoms with van der Waals surface area (Å²) in [5.74, 6) is -1.76. The molecule has 0 aliphatic carbocycles. The van der Waals surface area contributed by atoms with E-state index in [0.29, 0.717) is 0 Å². The monoisotopic (exact) mass is 424 g/mol. The zero-order valence-electron chi connectivity index (χ0n) is 17.8. The van der Waals surface area contributed by atoms with Gasteiger partial charge in [0.1, 0.15) is 19.2 Å². The number of aliphatic carboxylic acids is 1. The van der Waals surface area contributed by atoms with Crippen LogP contribution in [0.4, 0.5) is 4.79 Å². The van der Waals surface area contributed by atoms with Crippen LogP contribution in [0.15, 0.2) is 30.3 Å². The maximum atomic E-state index is 12.0. The molecule has 1 atom stereocenters. The summed E-state index contributed by atoms with van der Waals surface area (Å²) in [6, 6.07) is 8.03. The minimum atomic E-state index is -1.99. The molecule has 0 aromatic heterocycles. The molecule has 8 nitrogen and oxygen atoms in total. The molecule has 162 valence electrons. The first-order valence-electron chi connectivity index (χ1n) is 9.53. The summed E-state index contributed by atoms with van der Waals surface area (Å²) in [6.45, 7) is 10.4. The van der Waals surface area contributed by atoms with Gasteiger partial charge < -0.3 is 24.9 Å². The van der Waals surface area contributed by atoms with Crippen LogP contribution in [0.3, 0.4) is 0 Å². The Hall–Kier alpha value is -2.39. The van der Waals surface area contributed by atoms with Crippen LogP contribution in [0.1, 0.15) is 32.8 Å². The highest BCUT2D eigenvalue weighted by Gasteiger charge is 2.37. The highest BCUT2D eigenvalue weighted by atomic mass is 28.4. The van der Waals surface area contributed by atoms with Gasteiger partial charge >= 0.3 is 12.1 Å². The average molecular weight is 425 g/mol. The lowest BCUT2D eigenvalue weighted by molar-refractivity contribution is -0.142. The second-order valence-corrected chi connectivity index (χ2v) is 13.1. The summed E-state index contributed by atoms with van der Waals surface area (Å²) < 4.78 is 11.0. The zero-order valence-corrected chi connectivity index (χ0v) is 18.8. The normalized spacial score (nSPS) is 12.7. The molecule has 2 amide bonds. The quantitative estimate of drug-likeness (QED) is 0.498. The highest BCUT2D eigenvalue weighted by Crippen LogP contribution is 2.36. The SMILES string of the molecule is CC(C)(C)[Si](C)(C)OCC[C@H](NC(=O)CNC(=O)OCc1ccccc1)C(=O)O. The fourth-order valence-corrected chi connectivity index (χ4v) is 3.14. The van der Waals surface area contributed by atoms with Gasteiger partial charge in [-0.25, -0.2) is 9.59 Å². The number of nitrogens with one attached hydrogen (secondary N) is 2. The van der Waals surface area contributed by atoms with Crippen LogP contribution in [0.2, 0.25) is 18.1 Å². The molecule has 0 bridgehead atoms. The molecule has 0 unspecified atom stereocenters. The third kappa shape index (κ3) is 9.10. The molecule has 9 heteroatoms. The molecule has 0 spiro atoms. The number of rotatable bonds is 10. The van der Waals surface area contributed by atoms with Crippen molar-refractivity contribution < 1.29 is 28.7 Å². The molecule has 0 saturated carbocycles. The minimum Gasteiger partial charge on any atom is -0.480 e. The van der Waals surface area contributed by atoms with Crippen LogP contribution in [-0.2, 0) is 25.4 Å². The first kappa shape index (κ1) is 24.6. The van der Waals surface area contributed by atoms with E-state index in [-0.39, 0.29) is 31.2 Å². The summed E-state index contributed by atoms with van der Waals surface area (Å²) in [7, 11) is -1.99. The first-order chi connectivity index (χ1) is 13.4. The van der Waals surface area contributed by atoms with Crippen LogP contribution >= 0.6 is 0 Å². The van der Waals surface area contributed by atoms with E-state index in [1.54, 1.807) is 0 Å². The van der Waals surface area contributed by atoms with E-state index in [4.69, 9.17) is 9.16 Å². The van der Waals surface area contributed by atoms with Gasteiger partial charge in [-0.2, -0.15) is 0 Å². The lowest BCUT2D eigenvalue weighted by atomic mass is 10.2. The molecule has 0 radical (unpaired) electrons. The number of amides is 2. The third-order valence-electron chi connectivity index (χ3n) is 4.91. The average Bonchev–Trinajstić information content (AvgIpc) is 2.63. The zero-order chi connectivity index (χ0) is 22.1. The van der Waals surface area contributed by atoms with Gasteiger partial charge in [-0.15, -0.1) is 0 Å².